The Hall–Kier alpha value is -4.81. The van der Waals surface area contributed by atoms with Crippen LogP contribution in [-0.2, 0) is 6.17 Å². The van der Waals surface area contributed by atoms with E-state index in [4.69, 9.17) is 14.5 Å². The first kappa shape index (κ1) is 32.1. The summed E-state index contributed by atoms with van der Waals surface area (Å²) in [4.78, 5) is 4.97. The van der Waals surface area contributed by atoms with Gasteiger partial charge in [0.25, 0.3) is 0 Å². The number of nitrogens with zero attached hydrogens (tertiary/aromatic N) is 2. The molecule has 47 heavy (non-hydrogen) atoms. The zero-order chi connectivity index (χ0) is 32.3. The van der Waals surface area contributed by atoms with Crippen molar-refractivity contribution in [1.29, 1.82) is 0 Å². The van der Waals surface area contributed by atoms with E-state index in [9.17, 15) is 0 Å². The average molecular weight is 634 g/mol. The highest BCUT2D eigenvalue weighted by atomic mass is 28.3. The van der Waals surface area contributed by atoms with Gasteiger partial charge in [0.2, 0.25) is 7.28 Å². The number of rotatable bonds is 15. The van der Waals surface area contributed by atoms with Gasteiger partial charge in [-0.05, 0) is 69.6 Å². The van der Waals surface area contributed by atoms with Gasteiger partial charge >= 0.3 is 0 Å². The lowest BCUT2D eigenvalue weighted by Crippen LogP contribution is -2.70. The molecule has 0 spiro atoms. The van der Waals surface area contributed by atoms with Crippen LogP contribution in [0.3, 0.4) is 0 Å². The summed E-state index contributed by atoms with van der Waals surface area (Å²) in [6, 6.07) is 50.0. The number of aromatic nitrogens is 2. The highest BCUT2D eigenvalue weighted by molar-refractivity contribution is 7.10. The summed E-state index contributed by atoms with van der Waals surface area (Å²) < 4.78 is 14.8. The molecule has 0 saturated heterocycles. The fraction of sp³-hybridized carbons (Fsp3) is 0.195. The highest BCUT2D eigenvalue weighted by Crippen LogP contribution is 2.24. The minimum absolute atomic E-state index is 0.0582. The van der Waals surface area contributed by atoms with Gasteiger partial charge in [0, 0.05) is 18.6 Å². The largest absolute Gasteiger partial charge is 0.494 e. The molecule has 0 bridgehead atoms. The summed E-state index contributed by atoms with van der Waals surface area (Å²) in [5, 5.41) is 3.89. The average Bonchev–Trinajstić information content (AvgIpc) is 3.58. The third kappa shape index (κ3) is 7.44. The van der Waals surface area contributed by atoms with E-state index in [0.29, 0.717) is 13.2 Å². The van der Waals surface area contributed by atoms with E-state index < -0.39 is 8.07 Å². The lowest BCUT2D eigenvalue weighted by Gasteiger charge is -2.35. The third-order valence-electron chi connectivity index (χ3n) is 8.65. The van der Waals surface area contributed by atoms with E-state index in [1.54, 1.807) is 0 Å². The van der Waals surface area contributed by atoms with E-state index in [-0.39, 0.29) is 5.82 Å². The minimum atomic E-state index is -2.77. The Kier molecular flexibility index (Phi) is 10.7. The van der Waals surface area contributed by atoms with Crippen LogP contribution in [0, 0.1) is 0 Å². The Labute approximate surface area is 281 Å². The Bertz CT molecular complexity index is 1740. The van der Waals surface area contributed by atoms with Crippen LogP contribution in [0.2, 0.25) is 0 Å². The summed E-state index contributed by atoms with van der Waals surface area (Å²) >= 11 is 0. The van der Waals surface area contributed by atoms with Gasteiger partial charge in [-0.25, -0.2) is 0 Å². The van der Waals surface area contributed by atoms with Crippen molar-refractivity contribution in [2.75, 3.05) is 13.2 Å². The van der Waals surface area contributed by atoms with E-state index >= 15 is 0 Å². The maximum Gasteiger partial charge on any atom is 0.215 e. The predicted octanol–water partition coefficient (Wildman–Crippen LogP) is 6.29. The topological polar surface area (TPSA) is 36.3 Å². The summed E-state index contributed by atoms with van der Waals surface area (Å²) in [7, 11) is -0.452. The lowest BCUT2D eigenvalue weighted by atomic mass is 9.58. The second-order valence-electron chi connectivity index (χ2n) is 11.9. The van der Waals surface area contributed by atoms with Gasteiger partial charge in [0.1, 0.15) is 11.5 Å². The molecule has 0 atom stereocenters. The molecule has 0 fully saturated rings. The van der Waals surface area contributed by atoms with Crippen LogP contribution in [0.5, 0.6) is 11.5 Å². The molecule has 6 rings (SSSR count). The number of ether oxygens (including phenoxy) is 2. The number of imidazole rings is 1. The fourth-order valence-electron chi connectivity index (χ4n) is 6.36. The predicted molar refractivity (Wildman–Crippen MR) is 198 cm³/mol. The van der Waals surface area contributed by atoms with Gasteiger partial charge < -0.3 is 14.0 Å². The van der Waals surface area contributed by atoms with Gasteiger partial charge in [0.15, 0.2) is 8.07 Å². The summed E-state index contributed by atoms with van der Waals surface area (Å²) in [6.45, 7) is 5.66. The first-order valence-electron chi connectivity index (χ1n) is 16.7. The van der Waals surface area contributed by atoms with Gasteiger partial charge in [-0.2, -0.15) is 0 Å². The standard InChI is InChI=1S/C41H42BN2O2Si/c1-3-28-45-35-20-14-24-38(30-35)47(37-22-12-7-13-23-37,39-25-15-21-36(31-39)46-29-4-2)32-44-27-26-43-41(44)42-40(33-16-8-5-9-17-33)34-18-10-6-11-19-34/h5-27,30-31,40H,3-4,28-29,32H2,1-2H3. The zero-order valence-electron chi connectivity index (χ0n) is 27.3. The molecule has 1 radical (unpaired) electrons. The van der Waals surface area contributed by atoms with E-state index in [0.717, 1.165) is 36.2 Å². The number of hydrogen-bond donors (Lipinski definition) is 0. The van der Waals surface area contributed by atoms with Crippen molar-refractivity contribution < 1.29 is 9.47 Å². The molecule has 1 heterocycles. The van der Waals surface area contributed by atoms with Crippen LogP contribution in [0.1, 0.15) is 43.6 Å². The summed E-state index contributed by atoms with van der Waals surface area (Å²) in [5.74, 6) is 1.87. The highest BCUT2D eigenvalue weighted by Gasteiger charge is 2.41. The second kappa shape index (κ2) is 15.7. The molecule has 0 amide bonds. The number of hydrogen-bond acceptors (Lipinski definition) is 3. The molecule has 0 N–H and O–H groups in total. The smallest absolute Gasteiger partial charge is 0.215 e. The van der Waals surface area contributed by atoms with Crippen molar-refractivity contribution in [1.82, 2.24) is 9.55 Å². The van der Waals surface area contributed by atoms with Crippen molar-refractivity contribution in [3.63, 3.8) is 0 Å². The van der Waals surface area contributed by atoms with E-state index in [1.807, 2.05) is 6.20 Å². The molecule has 4 nitrogen and oxygen atoms in total. The van der Waals surface area contributed by atoms with E-state index in [2.05, 4.69) is 171 Å². The van der Waals surface area contributed by atoms with Gasteiger partial charge in [0.05, 0.1) is 18.9 Å². The molecule has 0 aliphatic rings. The summed E-state index contributed by atoms with van der Waals surface area (Å²) in [6.07, 6.45) is 6.75. The van der Waals surface area contributed by atoms with Crippen molar-refractivity contribution >= 4 is 36.6 Å². The quantitative estimate of drug-likeness (QED) is 0.0986. The molecule has 235 valence electrons. The molecule has 0 unspecified atom stereocenters. The molecular weight excluding hydrogens is 591 g/mol. The van der Waals surface area contributed by atoms with Crippen LogP contribution in [0.4, 0.5) is 0 Å². The maximum atomic E-state index is 6.22. The molecule has 0 aliphatic heterocycles. The molecule has 6 heteroatoms. The van der Waals surface area contributed by atoms with Crippen molar-refractivity contribution in [2.24, 2.45) is 0 Å². The van der Waals surface area contributed by atoms with Crippen LogP contribution in [-0.4, -0.2) is 38.1 Å². The van der Waals surface area contributed by atoms with Gasteiger partial charge in [-0.15, -0.1) is 0 Å². The van der Waals surface area contributed by atoms with Crippen molar-refractivity contribution in [3.8, 4) is 11.5 Å². The van der Waals surface area contributed by atoms with Gasteiger partial charge in [-0.3, -0.25) is 4.98 Å². The minimum Gasteiger partial charge on any atom is -0.494 e. The van der Waals surface area contributed by atoms with Crippen LogP contribution in [0.15, 0.2) is 152 Å². The van der Waals surface area contributed by atoms with Crippen LogP contribution in [0.25, 0.3) is 0 Å². The number of benzene rings is 5. The normalized spacial score (nSPS) is 11.4. The fourth-order valence-corrected chi connectivity index (χ4v) is 11.0. The Morgan fingerprint density at radius 2 is 1.11 bits per heavy atom. The van der Waals surface area contributed by atoms with Crippen molar-refractivity contribution in [2.45, 2.75) is 38.7 Å². The first-order valence-corrected chi connectivity index (χ1v) is 18.9. The van der Waals surface area contributed by atoms with Crippen molar-refractivity contribution in [3.05, 3.63) is 163 Å². The lowest BCUT2D eigenvalue weighted by molar-refractivity contribution is 0.317. The molecular formula is C41H42BN2O2Si. The molecule has 5 aromatic carbocycles. The molecule has 6 aromatic rings. The Balaban J connectivity index is 1.51. The monoisotopic (exact) mass is 633 g/mol. The van der Waals surface area contributed by atoms with Crippen LogP contribution < -0.4 is 30.8 Å². The first-order chi connectivity index (χ1) is 23.2. The molecule has 0 saturated carbocycles. The third-order valence-corrected chi connectivity index (χ3v) is 13.4. The summed E-state index contributed by atoms with van der Waals surface area (Å²) in [5.41, 5.74) is 3.43. The SMILES string of the molecule is CCCOc1cccc([Si](Cn2ccnc2[B]C(c2ccccc2)c2ccccc2)(c2ccccc2)c2cccc(OCCC)c2)c1. The van der Waals surface area contributed by atoms with E-state index in [1.165, 1.54) is 26.7 Å². The molecule has 0 aliphatic carbocycles. The second-order valence-corrected chi connectivity index (χ2v) is 15.8. The Morgan fingerprint density at radius 1 is 0.617 bits per heavy atom. The molecule has 1 aromatic heterocycles. The van der Waals surface area contributed by atoms with Crippen LogP contribution >= 0.6 is 0 Å². The Morgan fingerprint density at radius 3 is 1.62 bits per heavy atom. The zero-order valence-corrected chi connectivity index (χ0v) is 28.3. The van der Waals surface area contributed by atoms with Gasteiger partial charge in [-0.1, -0.05) is 129 Å². The maximum absolute atomic E-state index is 6.22.